The number of rotatable bonds is 6. The van der Waals surface area contributed by atoms with Crippen LogP contribution in [0.1, 0.15) is 72.7 Å². The molecule has 0 bridgehead atoms. The first-order valence-electron chi connectivity index (χ1n) is 12.4. The monoisotopic (exact) mass is 536 g/mol. The molecule has 0 radical (unpaired) electrons. The van der Waals surface area contributed by atoms with Crippen molar-refractivity contribution in [2.75, 3.05) is 19.3 Å². The van der Waals surface area contributed by atoms with E-state index in [2.05, 4.69) is 67.9 Å². The van der Waals surface area contributed by atoms with Crippen molar-refractivity contribution in [3.63, 3.8) is 0 Å². The smallest absolute Gasteiger partial charge is 0.188 e. The van der Waals surface area contributed by atoms with Crippen LogP contribution in [0.5, 0.6) is 0 Å². The summed E-state index contributed by atoms with van der Waals surface area (Å²) in [4.78, 5) is 15.8. The molecule has 0 aromatic carbocycles. The first kappa shape index (κ1) is 28.3. The van der Waals surface area contributed by atoms with E-state index in [1.165, 1.54) is 11.8 Å². The molecule has 35 heavy (non-hydrogen) atoms. The highest BCUT2D eigenvalue weighted by Gasteiger charge is 2.42. The third kappa shape index (κ3) is 5.85. The van der Waals surface area contributed by atoms with Crippen molar-refractivity contribution in [3.8, 4) is 11.5 Å². The lowest BCUT2D eigenvalue weighted by Crippen LogP contribution is -2.45. The molecule has 2 aromatic heterocycles. The molecular weight excluding hydrogens is 499 g/mol. The zero-order valence-electron chi connectivity index (χ0n) is 22.2. The molecule has 0 spiro atoms. The number of halogens is 2. The van der Waals surface area contributed by atoms with Crippen molar-refractivity contribution in [1.82, 2.24) is 19.9 Å². The minimum atomic E-state index is -2.05. The molecule has 5 nitrogen and oxygen atoms in total. The fourth-order valence-corrected chi connectivity index (χ4v) is 11.5. The summed E-state index contributed by atoms with van der Waals surface area (Å²) in [6.45, 7) is 17.2. The van der Waals surface area contributed by atoms with E-state index in [4.69, 9.17) is 16.6 Å². The summed E-state index contributed by atoms with van der Waals surface area (Å²) in [5, 5.41) is 11.4. The van der Waals surface area contributed by atoms with Gasteiger partial charge in [-0.25, -0.2) is 19.3 Å². The Morgan fingerprint density at radius 3 is 2.31 bits per heavy atom. The van der Waals surface area contributed by atoms with E-state index in [1.807, 2.05) is 13.2 Å². The minimum Gasteiger partial charge on any atom is -0.389 e. The average molecular weight is 537 g/mol. The molecular formula is C26H38ClFN4OSSi. The van der Waals surface area contributed by atoms with Crippen LogP contribution in [0.2, 0.25) is 21.8 Å². The van der Waals surface area contributed by atoms with Crippen LogP contribution in [0.3, 0.4) is 0 Å². The first-order chi connectivity index (χ1) is 16.3. The number of likely N-dealkylation sites (tertiary alicyclic amines) is 1. The van der Waals surface area contributed by atoms with Crippen molar-refractivity contribution in [3.05, 3.63) is 22.4 Å². The molecule has 192 valence electrons. The van der Waals surface area contributed by atoms with Crippen LogP contribution >= 0.6 is 23.4 Å². The predicted octanol–water partition coefficient (Wildman–Crippen LogP) is 6.46. The lowest BCUT2D eigenvalue weighted by atomic mass is 9.95. The van der Waals surface area contributed by atoms with Crippen LogP contribution < -0.4 is 0 Å². The summed E-state index contributed by atoms with van der Waals surface area (Å²) in [6.07, 6.45) is 3.52. The van der Waals surface area contributed by atoms with Gasteiger partial charge >= 0.3 is 0 Å². The zero-order chi connectivity index (χ0) is 26.1. The summed E-state index contributed by atoms with van der Waals surface area (Å²) >= 11 is 7.61. The number of aromatic nitrogens is 3. The van der Waals surface area contributed by atoms with Gasteiger partial charge in [0.1, 0.15) is 19.3 Å². The van der Waals surface area contributed by atoms with Crippen molar-refractivity contribution in [1.29, 1.82) is 0 Å². The number of hydrogen-bond acceptors (Lipinski definition) is 6. The van der Waals surface area contributed by atoms with E-state index >= 15 is 4.39 Å². The number of β-amino-alcohol motifs (C(OH)–C–C–N with tert-alkyl or cyclic N) is 1. The first-order valence-corrected chi connectivity index (χ1v) is 16.2. The number of nitrogens with zero attached hydrogens (tertiary/aromatic N) is 4. The molecule has 1 aliphatic heterocycles. The maximum Gasteiger partial charge on any atom is 0.188 e. The summed E-state index contributed by atoms with van der Waals surface area (Å²) in [5.74, 6) is 2.73. The van der Waals surface area contributed by atoms with Gasteiger partial charge in [-0.2, -0.15) is 0 Å². The largest absolute Gasteiger partial charge is 0.389 e. The second-order valence-electron chi connectivity index (χ2n) is 10.9. The van der Waals surface area contributed by atoms with E-state index in [0.29, 0.717) is 51.6 Å². The van der Waals surface area contributed by atoms with Crippen LogP contribution in [-0.4, -0.2) is 58.0 Å². The van der Waals surface area contributed by atoms with Crippen LogP contribution in [0.25, 0.3) is 10.9 Å². The molecule has 1 aliphatic rings. The molecule has 0 saturated carbocycles. The number of fused-ring (bicyclic) bond motifs is 1. The van der Waals surface area contributed by atoms with Crippen LogP contribution in [0.4, 0.5) is 4.39 Å². The Bertz CT molecular complexity index is 1120. The van der Waals surface area contributed by atoms with Gasteiger partial charge in [0.25, 0.3) is 0 Å². The molecule has 3 heterocycles. The van der Waals surface area contributed by atoms with Gasteiger partial charge in [-0.15, -0.1) is 5.54 Å². The molecule has 2 aromatic rings. The lowest BCUT2D eigenvalue weighted by Gasteiger charge is -2.38. The summed E-state index contributed by atoms with van der Waals surface area (Å²) < 4.78 is 15.2. The number of thioether (sulfide) groups is 1. The van der Waals surface area contributed by atoms with Gasteiger partial charge in [0.2, 0.25) is 0 Å². The van der Waals surface area contributed by atoms with Crippen LogP contribution in [0, 0.1) is 17.3 Å². The molecule has 9 heteroatoms. The minimum absolute atomic E-state index is 0.165. The van der Waals surface area contributed by atoms with Crippen molar-refractivity contribution in [2.24, 2.45) is 0 Å². The molecule has 1 saturated heterocycles. The maximum atomic E-state index is 15.2. The van der Waals surface area contributed by atoms with E-state index < -0.39 is 19.5 Å². The molecule has 0 amide bonds. The number of hydrogen-bond donors (Lipinski definition) is 1. The quantitative estimate of drug-likeness (QED) is 0.150. The molecule has 1 unspecified atom stereocenters. The Kier molecular flexibility index (Phi) is 8.92. The number of piperidine rings is 1. The topological polar surface area (TPSA) is 62.1 Å². The van der Waals surface area contributed by atoms with Gasteiger partial charge in [0.05, 0.1) is 16.7 Å². The van der Waals surface area contributed by atoms with Gasteiger partial charge in [0, 0.05) is 13.1 Å². The molecule has 1 atom stereocenters. The maximum absolute atomic E-state index is 15.2. The summed E-state index contributed by atoms with van der Waals surface area (Å²) in [7, 11) is -2.05. The fraction of sp³-hybridized carbons (Fsp3) is 0.654. The second kappa shape index (κ2) is 11.0. The molecule has 3 rings (SSSR count). The SMILES string of the molecule is CSc1nc(CN2CCCC(C)(O)C2)c2c(C#C[Si](C(C)C)(C(C)C)C(C)C)nc(Cl)c(F)c2n1. The summed E-state index contributed by atoms with van der Waals surface area (Å²) in [6, 6.07) is 0. The Morgan fingerprint density at radius 2 is 1.77 bits per heavy atom. The van der Waals surface area contributed by atoms with Crippen molar-refractivity contribution in [2.45, 2.75) is 95.2 Å². The van der Waals surface area contributed by atoms with E-state index in [-0.39, 0.29) is 10.7 Å². The standard InChI is InChI=1S/C26H38ClFN4OSSi/c1-16(2)35(17(3)4,18(5)6)13-10-19-21-20(14-32-12-9-11-26(7,33)15-32)30-25(34-8)31-23(21)22(28)24(27)29-19/h16-18,33H,9,11-12,14-15H2,1-8H3. The number of aliphatic hydroxyl groups is 1. The Hall–Kier alpha value is -1.24. The normalized spacial score (nSPS) is 19.6. The van der Waals surface area contributed by atoms with Crippen LogP contribution in [-0.2, 0) is 6.54 Å². The Balaban J connectivity index is 2.25. The lowest BCUT2D eigenvalue weighted by molar-refractivity contribution is -0.0184. The average Bonchev–Trinajstić information content (AvgIpc) is 2.75. The van der Waals surface area contributed by atoms with E-state index in [0.717, 1.165) is 19.4 Å². The third-order valence-electron chi connectivity index (χ3n) is 7.37. The number of pyridine rings is 1. The molecule has 1 fully saturated rings. The highest BCUT2D eigenvalue weighted by atomic mass is 35.5. The van der Waals surface area contributed by atoms with Gasteiger partial charge in [-0.05, 0) is 49.2 Å². The molecule has 1 N–H and O–H groups in total. The highest BCUT2D eigenvalue weighted by Crippen LogP contribution is 2.41. The van der Waals surface area contributed by atoms with Crippen LogP contribution in [0.15, 0.2) is 5.16 Å². The fourth-order valence-electron chi connectivity index (χ4n) is 5.76. The van der Waals surface area contributed by atoms with E-state index in [1.54, 1.807) is 0 Å². The van der Waals surface area contributed by atoms with Gasteiger partial charge in [-0.1, -0.05) is 70.8 Å². The summed E-state index contributed by atoms with van der Waals surface area (Å²) in [5.41, 5.74) is 5.57. The highest BCUT2D eigenvalue weighted by molar-refractivity contribution is 7.98. The second-order valence-corrected chi connectivity index (χ2v) is 17.6. The van der Waals surface area contributed by atoms with Crippen molar-refractivity contribution < 1.29 is 9.50 Å². The molecule has 0 aliphatic carbocycles. The van der Waals surface area contributed by atoms with Gasteiger partial charge < -0.3 is 5.11 Å². The Labute approximate surface area is 219 Å². The van der Waals surface area contributed by atoms with Crippen molar-refractivity contribution >= 4 is 42.3 Å². The third-order valence-corrected chi connectivity index (χ3v) is 14.5. The zero-order valence-corrected chi connectivity index (χ0v) is 24.7. The predicted molar refractivity (Wildman–Crippen MR) is 147 cm³/mol. The van der Waals surface area contributed by atoms with Gasteiger partial charge in [0.15, 0.2) is 16.1 Å². The Morgan fingerprint density at radius 1 is 1.14 bits per heavy atom. The van der Waals surface area contributed by atoms with Gasteiger partial charge in [-0.3, -0.25) is 4.90 Å². The van der Waals surface area contributed by atoms with E-state index in [9.17, 15) is 5.11 Å².